The average Bonchev–Trinajstić information content (AvgIpc) is 2.85. The van der Waals surface area contributed by atoms with Crippen LogP contribution in [0.4, 0.5) is 0 Å². The fourth-order valence-electron chi connectivity index (χ4n) is 2.61. The lowest BCUT2D eigenvalue weighted by atomic mass is 10.0. The van der Waals surface area contributed by atoms with E-state index >= 15 is 0 Å². The molecule has 3 nitrogen and oxygen atoms in total. The van der Waals surface area contributed by atoms with Crippen molar-refractivity contribution in [2.75, 3.05) is 7.11 Å². The van der Waals surface area contributed by atoms with Gasteiger partial charge < -0.3 is 9.30 Å². The Morgan fingerprint density at radius 2 is 1.81 bits per heavy atom. The summed E-state index contributed by atoms with van der Waals surface area (Å²) in [5, 5.41) is 0.869. The number of nitrogens with zero attached hydrogens (tertiary/aromatic N) is 1. The Kier molecular flexibility index (Phi) is 3.26. The molecule has 0 atom stereocenters. The molecule has 0 aliphatic rings. The third kappa shape index (κ3) is 2.21. The summed E-state index contributed by atoms with van der Waals surface area (Å²) in [6.07, 6.45) is 1.87. The summed E-state index contributed by atoms with van der Waals surface area (Å²) in [4.78, 5) is 12.8. The minimum Gasteiger partial charge on any atom is -0.496 e. The van der Waals surface area contributed by atoms with Crippen LogP contribution in [-0.2, 0) is 7.05 Å². The smallest absolute Gasteiger partial charge is 0.195 e. The van der Waals surface area contributed by atoms with Crippen molar-refractivity contribution in [3.05, 3.63) is 65.4 Å². The lowest BCUT2D eigenvalue weighted by molar-refractivity contribution is 0.104. The van der Waals surface area contributed by atoms with Gasteiger partial charge in [-0.25, -0.2) is 0 Å². The highest BCUT2D eigenvalue weighted by Gasteiger charge is 2.18. The Bertz CT molecular complexity index is 813. The molecule has 0 fully saturated rings. The molecule has 2 aromatic carbocycles. The van der Waals surface area contributed by atoms with Gasteiger partial charge in [-0.1, -0.05) is 35.9 Å². The maximum absolute atomic E-state index is 12.8. The molecule has 0 unspecified atom stereocenters. The molecule has 1 heterocycles. The molecular weight excluding hydrogens is 262 g/mol. The number of hydrogen-bond donors (Lipinski definition) is 0. The number of ketones is 1. The second kappa shape index (κ2) is 5.09. The summed E-state index contributed by atoms with van der Waals surface area (Å²) in [6.45, 7) is 2.01. The highest BCUT2D eigenvalue weighted by atomic mass is 16.5. The number of aryl methyl sites for hydroxylation is 2. The molecule has 0 spiro atoms. The molecule has 0 saturated heterocycles. The van der Waals surface area contributed by atoms with Gasteiger partial charge in [0.2, 0.25) is 0 Å². The Morgan fingerprint density at radius 3 is 2.48 bits per heavy atom. The Labute approximate surface area is 123 Å². The van der Waals surface area contributed by atoms with Crippen LogP contribution in [0.5, 0.6) is 5.75 Å². The molecule has 0 N–H and O–H groups in total. The van der Waals surface area contributed by atoms with Crippen molar-refractivity contribution >= 4 is 16.7 Å². The standard InChI is InChI=1S/C18H17NO2/c1-12-7-9-13(10-8-12)18(20)14-11-19(2)15-5-4-6-16(21-3)17(14)15/h4-11H,1-3H3. The molecule has 21 heavy (non-hydrogen) atoms. The van der Waals surface area contributed by atoms with Gasteiger partial charge in [0, 0.05) is 18.8 Å². The summed E-state index contributed by atoms with van der Waals surface area (Å²) in [5.74, 6) is 0.744. The number of benzene rings is 2. The predicted octanol–water partition coefficient (Wildman–Crippen LogP) is 3.73. The van der Waals surface area contributed by atoms with Crippen LogP contribution in [0.25, 0.3) is 10.9 Å². The van der Waals surface area contributed by atoms with Crippen LogP contribution >= 0.6 is 0 Å². The molecule has 3 aromatic rings. The highest BCUT2D eigenvalue weighted by molar-refractivity contribution is 6.17. The normalized spacial score (nSPS) is 10.8. The first-order valence-corrected chi connectivity index (χ1v) is 6.85. The zero-order chi connectivity index (χ0) is 15.0. The van der Waals surface area contributed by atoms with E-state index in [9.17, 15) is 4.79 Å². The van der Waals surface area contributed by atoms with Gasteiger partial charge in [0.05, 0.1) is 23.6 Å². The summed E-state index contributed by atoms with van der Waals surface area (Å²) in [7, 11) is 3.57. The molecule has 0 bridgehead atoms. The molecule has 106 valence electrons. The summed E-state index contributed by atoms with van der Waals surface area (Å²) >= 11 is 0. The number of aromatic nitrogens is 1. The lowest BCUT2D eigenvalue weighted by Crippen LogP contribution is -2.01. The SMILES string of the molecule is COc1cccc2c1c(C(=O)c1ccc(C)cc1)cn2C. The van der Waals surface area contributed by atoms with Gasteiger partial charge in [0.25, 0.3) is 0 Å². The molecular formula is C18H17NO2. The van der Waals surface area contributed by atoms with Crippen LogP contribution in [0.15, 0.2) is 48.7 Å². The second-order valence-electron chi connectivity index (χ2n) is 5.20. The van der Waals surface area contributed by atoms with E-state index in [2.05, 4.69) is 0 Å². The highest BCUT2D eigenvalue weighted by Crippen LogP contribution is 2.31. The number of rotatable bonds is 3. The summed E-state index contributed by atoms with van der Waals surface area (Å²) in [6, 6.07) is 13.4. The van der Waals surface area contributed by atoms with Crippen molar-refractivity contribution < 1.29 is 9.53 Å². The van der Waals surface area contributed by atoms with Crippen molar-refractivity contribution in [2.24, 2.45) is 7.05 Å². The maximum atomic E-state index is 12.8. The molecule has 3 rings (SSSR count). The minimum atomic E-state index is 0.0186. The molecule has 0 aliphatic heterocycles. The number of methoxy groups -OCH3 is 1. The third-order valence-electron chi connectivity index (χ3n) is 3.75. The Balaban J connectivity index is 2.20. The van der Waals surface area contributed by atoms with Crippen LogP contribution in [-0.4, -0.2) is 17.5 Å². The van der Waals surface area contributed by atoms with Crippen molar-refractivity contribution in [3.63, 3.8) is 0 Å². The molecule has 1 aromatic heterocycles. The molecule has 0 aliphatic carbocycles. The molecule has 0 radical (unpaired) electrons. The fraction of sp³-hybridized carbons (Fsp3) is 0.167. The summed E-state index contributed by atoms with van der Waals surface area (Å²) in [5.41, 5.74) is 3.50. The first-order valence-electron chi connectivity index (χ1n) is 6.85. The van der Waals surface area contributed by atoms with E-state index in [-0.39, 0.29) is 5.78 Å². The van der Waals surface area contributed by atoms with Crippen LogP contribution in [0, 0.1) is 6.92 Å². The van der Waals surface area contributed by atoms with Crippen molar-refractivity contribution in [2.45, 2.75) is 6.92 Å². The largest absolute Gasteiger partial charge is 0.496 e. The zero-order valence-corrected chi connectivity index (χ0v) is 12.4. The van der Waals surface area contributed by atoms with Gasteiger partial charge in [0.1, 0.15) is 5.75 Å². The van der Waals surface area contributed by atoms with Crippen molar-refractivity contribution in [1.82, 2.24) is 4.57 Å². The minimum absolute atomic E-state index is 0.0186. The van der Waals surface area contributed by atoms with E-state index in [4.69, 9.17) is 4.74 Å². The van der Waals surface area contributed by atoms with E-state index in [0.29, 0.717) is 11.1 Å². The van der Waals surface area contributed by atoms with Crippen LogP contribution in [0.3, 0.4) is 0 Å². The van der Waals surface area contributed by atoms with E-state index in [1.807, 2.05) is 67.2 Å². The fourth-order valence-corrected chi connectivity index (χ4v) is 2.61. The van der Waals surface area contributed by atoms with E-state index in [0.717, 1.165) is 22.2 Å². The van der Waals surface area contributed by atoms with E-state index < -0.39 is 0 Å². The quantitative estimate of drug-likeness (QED) is 0.684. The third-order valence-corrected chi connectivity index (χ3v) is 3.75. The number of ether oxygens (including phenoxy) is 1. The Hall–Kier alpha value is -2.55. The maximum Gasteiger partial charge on any atom is 0.195 e. The number of hydrogen-bond acceptors (Lipinski definition) is 2. The first-order chi connectivity index (χ1) is 10.1. The van der Waals surface area contributed by atoms with E-state index in [1.54, 1.807) is 7.11 Å². The first kappa shape index (κ1) is 13.4. The van der Waals surface area contributed by atoms with Gasteiger partial charge in [0.15, 0.2) is 5.78 Å². The van der Waals surface area contributed by atoms with Gasteiger partial charge in [-0.05, 0) is 19.1 Å². The van der Waals surface area contributed by atoms with Crippen molar-refractivity contribution in [3.8, 4) is 5.75 Å². The Morgan fingerprint density at radius 1 is 1.10 bits per heavy atom. The van der Waals surface area contributed by atoms with E-state index in [1.165, 1.54) is 0 Å². The number of carbonyl (C=O) groups excluding carboxylic acids is 1. The van der Waals surface area contributed by atoms with Gasteiger partial charge in [-0.15, -0.1) is 0 Å². The van der Waals surface area contributed by atoms with Crippen LogP contribution in [0.1, 0.15) is 21.5 Å². The lowest BCUT2D eigenvalue weighted by Gasteiger charge is -2.05. The zero-order valence-electron chi connectivity index (χ0n) is 12.4. The number of fused-ring (bicyclic) bond motifs is 1. The monoisotopic (exact) mass is 279 g/mol. The predicted molar refractivity (Wildman–Crippen MR) is 84.1 cm³/mol. The second-order valence-corrected chi connectivity index (χ2v) is 5.20. The summed E-state index contributed by atoms with van der Waals surface area (Å²) < 4.78 is 7.38. The van der Waals surface area contributed by atoms with Crippen molar-refractivity contribution in [1.29, 1.82) is 0 Å². The van der Waals surface area contributed by atoms with Gasteiger partial charge in [-0.3, -0.25) is 4.79 Å². The topological polar surface area (TPSA) is 31.2 Å². The molecule has 3 heteroatoms. The number of carbonyl (C=O) groups is 1. The van der Waals surface area contributed by atoms with Gasteiger partial charge in [-0.2, -0.15) is 0 Å². The van der Waals surface area contributed by atoms with Gasteiger partial charge >= 0.3 is 0 Å². The average molecular weight is 279 g/mol. The van der Waals surface area contributed by atoms with Crippen LogP contribution in [0.2, 0.25) is 0 Å². The molecule has 0 saturated carbocycles. The molecule has 0 amide bonds. The van der Waals surface area contributed by atoms with Crippen LogP contribution < -0.4 is 4.74 Å².